The third-order valence-corrected chi connectivity index (χ3v) is 6.38. The van der Waals surface area contributed by atoms with Crippen molar-refractivity contribution in [1.82, 2.24) is 25.1 Å². The van der Waals surface area contributed by atoms with E-state index in [4.69, 9.17) is 9.97 Å². The first-order valence-corrected chi connectivity index (χ1v) is 11.5. The molecule has 3 aromatic rings. The maximum atomic E-state index is 13.1. The Morgan fingerprint density at radius 2 is 2.21 bits per heavy atom. The zero-order chi connectivity index (χ0) is 23.7. The van der Waals surface area contributed by atoms with E-state index in [0.717, 1.165) is 42.6 Å². The van der Waals surface area contributed by atoms with E-state index in [0.29, 0.717) is 36.2 Å². The molecule has 34 heavy (non-hydrogen) atoms. The number of nitrogens with zero attached hydrogens (tertiary/aromatic N) is 5. The monoisotopic (exact) mass is 466 g/mol. The van der Waals surface area contributed by atoms with Crippen LogP contribution in [0.5, 0.6) is 0 Å². The highest BCUT2D eigenvalue weighted by molar-refractivity contribution is 5.96. The first-order chi connectivity index (χ1) is 16.5. The quantitative estimate of drug-likeness (QED) is 0.391. The Bertz CT molecular complexity index is 1180. The number of carbonyl (C=O) groups excluding carboxylic acids is 1. The molecule has 2 atom stereocenters. The SMILES string of the molecule is C[C@H](CO)c1cc(Nc2nc(N3CCC[C@H]3C(=O)Nc3ccc(F)nc3)nc3c2CCC3)n[nH]1. The van der Waals surface area contributed by atoms with Crippen molar-refractivity contribution >= 4 is 29.2 Å². The summed E-state index contributed by atoms with van der Waals surface area (Å²) in [6.07, 6.45) is 5.55. The van der Waals surface area contributed by atoms with Crippen LogP contribution in [-0.4, -0.2) is 55.4 Å². The van der Waals surface area contributed by atoms with Gasteiger partial charge in [-0.05, 0) is 44.2 Å². The molecule has 3 aromatic heterocycles. The van der Waals surface area contributed by atoms with Gasteiger partial charge in [-0.15, -0.1) is 0 Å². The summed E-state index contributed by atoms with van der Waals surface area (Å²) >= 11 is 0. The Hall–Kier alpha value is -3.60. The van der Waals surface area contributed by atoms with Crippen LogP contribution in [0.3, 0.4) is 0 Å². The fourth-order valence-corrected chi connectivity index (χ4v) is 4.48. The average Bonchev–Trinajstić information content (AvgIpc) is 3.60. The molecule has 5 rings (SSSR count). The first-order valence-electron chi connectivity index (χ1n) is 11.5. The second-order valence-electron chi connectivity index (χ2n) is 8.78. The second-order valence-corrected chi connectivity index (χ2v) is 8.78. The summed E-state index contributed by atoms with van der Waals surface area (Å²) in [7, 11) is 0. The van der Waals surface area contributed by atoms with Crippen LogP contribution in [0.2, 0.25) is 0 Å². The Balaban J connectivity index is 1.39. The summed E-state index contributed by atoms with van der Waals surface area (Å²) in [6, 6.07) is 4.14. The van der Waals surface area contributed by atoms with Gasteiger partial charge in [-0.1, -0.05) is 6.92 Å². The zero-order valence-electron chi connectivity index (χ0n) is 18.9. The van der Waals surface area contributed by atoms with Gasteiger partial charge in [0.25, 0.3) is 0 Å². The molecule has 0 spiro atoms. The molecule has 1 saturated heterocycles. The molecule has 0 bridgehead atoms. The number of fused-ring (bicyclic) bond motifs is 1. The molecule has 4 heterocycles. The number of aliphatic hydroxyl groups excluding tert-OH is 1. The van der Waals surface area contributed by atoms with Crippen LogP contribution in [0.4, 0.5) is 27.7 Å². The maximum Gasteiger partial charge on any atom is 0.247 e. The Labute approximate surface area is 196 Å². The Morgan fingerprint density at radius 3 is 3.00 bits per heavy atom. The van der Waals surface area contributed by atoms with Gasteiger partial charge in [0.05, 0.1) is 24.2 Å². The fraction of sp³-hybridized carbons (Fsp3) is 0.435. The molecule has 1 aliphatic heterocycles. The Kier molecular flexibility index (Phi) is 6.10. The van der Waals surface area contributed by atoms with Crippen molar-refractivity contribution in [2.24, 2.45) is 0 Å². The van der Waals surface area contributed by atoms with Gasteiger partial charge in [-0.3, -0.25) is 9.89 Å². The molecule has 1 fully saturated rings. The number of pyridine rings is 1. The van der Waals surface area contributed by atoms with Crippen LogP contribution < -0.4 is 15.5 Å². The number of hydrogen-bond donors (Lipinski definition) is 4. The molecule has 0 saturated carbocycles. The number of nitrogens with one attached hydrogen (secondary N) is 3. The smallest absolute Gasteiger partial charge is 0.247 e. The zero-order valence-corrected chi connectivity index (χ0v) is 18.9. The summed E-state index contributed by atoms with van der Waals surface area (Å²) in [4.78, 5) is 28.1. The van der Waals surface area contributed by atoms with Crippen LogP contribution in [-0.2, 0) is 17.6 Å². The summed E-state index contributed by atoms with van der Waals surface area (Å²) in [5, 5.41) is 22.8. The molecule has 0 aromatic carbocycles. The first kappa shape index (κ1) is 22.2. The number of aliphatic hydroxyl groups is 1. The van der Waals surface area contributed by atoms with E-state index >= 15 is 0 Å². The highest BCUT2D eigenvalue weighted by Gasteiger charge is 2.34. The molecule has 0 radical (unpaired) electrons. The number of rotatable bonds is 7. The molecule has 11 heteroatoms. The third kappa shape index (κ3) is 4.43. The number of H-pyrrole nitrogens is 1. The largest absolute Gasteiger partial charge is 0.396 e. The third-order valence-electron chi connectivity index (χ3n) is 6.38. The predicted octanol–water partition coefficient (Wildman–Crippen LogP) is 2.67. The standard InChI is InChI=1S/C23H27FN8O2/c1-13(12-33)17-10-20(31-30-17)28-21-15-4-2-5-16(15)27-23(29-21)32-9-3-6-18(32)22(34)26-14-7-8-19(24)25-11-14/h7-8,10-11,13,18,33H,2-6,9,12H2,1H3,(H,26,34)(H2,27,28,29,30,31)/t13-,18+/m1/s1. The van der Waals surface area contributed by atoms with E-state index in [2.05, 4.69) is 25.8 Å². The molecular formula is C23H27FN8O2. The van der Waals surface area contributed by atoms with Gasteiger partial charge in [0, 0.05) is 29.8 Å². The summed E-state index contributed by atoms with van der Waals surface area (Å²) in [5.74, 6) is 0.989. The summed E-state index contributed by atoms with van der Waals surface area (Å²) < 4.78 is 13.1. The number of aromatic nitrogens is 5. The lowest BCUT2D eigenvalue weighted by Crippen LogP contribution is -2.40. The number of amides is 1. The fourth-order valence-electron chi connectivity index (χ4n) is 4.48. The second kappa shape index (κ2) is 9.34. The van der Waals surface area contributed by atoms with Gasteiger partial charge in [0.15, 0.2) is 5.82 Å². The van der Waals surface area contributed by atoms with Crippen LogP contribution in [0, 0.1) is 5.95 Å². The van der Waals surface area contributed by atoms with E-state index in [9.17, 15) is 14.3 Å². The van der Waals surface area contributed by atoms with Crippen molar-refractivity contribution in [2.75, 3.05) is 28.7 Å². The number of carbonyl (C=O) groups is 1. The molecular weight excluding hydrogens is 439 g/mol. The van der Waals surface area contributed by atoms with E-state index < -0.39 is 12.0 Å². The molecule has 2 aliphatic rings. The van der Waals surface area contributed by atoms with Crippen molar-refractivity contribution in [3.05, 3.63) is 47.3 Å². The minimum absolute atomic E-state index is 0.0289. The van der Waals surface area contributed by atoms with Crippen molar-refractivity contribution < 1.29 is 14.3 Å². The van der Waals surface area contributed by atoms with Crippen molar-refractivity contribution in [3.63, 3.8) is 0 Å². The highest BCUT2D eigenvalue weighted by Crippen LogP contribution is 2.33. The van der Waals surface area contributed by atoms with Crippen LogP contribution in [0.25, 0.3) is 0 Å². The lowest BCUT2D eigenvalue weighted by molar-refractivity contribution is -0.117. The molecule has 4 N–H and O–H groups in total. The summed E-state index contributed by atoms with van der Waals surface area (Å²) in [5.41, 5.74) is 3.34. The van der Waals surface area contributed by atoms with Crippen LogP contribution in [0.1, 0.15) is 49.1 Å². The van der Waals surface area contributed by atoms with Crippen molar-refractivity contribution in [1.29, 1.82) is 0 Å². The van der Waals surface area contributed by atoms with Gasteiger partial charge in [0.1, 0.15) is 11.9 Å². The molecule has 10 nitrogen and oxygen atoms in total. The molecule has 178 valence electrons. The minimum Gasteiger partial charge on any atom is -0.396 e. The van der Waals surface area contributed by atoms with Crippen molar-refractivity contribution in [2.45, 2.75) is 51.0 Å². The number of anilines is 4. The van der Waals surface area contributed by atoms with E-state index in [1.165, 1.54) is 18.3 Å². The number of aromatic amines is 1. The Morgan fingerprint density at radius 1 is 1.32 bits per heavy atom. The average molecular weight is 467 g/mol. The predicted molar refractivity (Wildman–Crippen MR) is 125 cm³/mol. The molecule has 0 unspecified atom stereocenters. The minimum atomic E-state index is -0.595. The van der Waals surface area contributed by atoms with E-state index in [-0.39, 0.29) is 18.4 Å². The van der Waals surface area contributed by atoms with Crippen LogP contribution in [0.15, 0.2) is 24.4 Å². The number of halogens is 1. The summed E-state index contributed by atoms with van der Waals surface area (Å²) in [6.45, 7) is 2.61. The van der Waals surface area contributed by atoms with Gasteiger partial charge < -0.3 is 20.6 Å². The van der Waals surface area contributed by atoms with E-state index in [1.54, 1.807) is 0 Å². The number of aryl methyl sites for hydroxylation is 1. The van der Waals surface area contributed by atoms with Gasteiger partial charge in [0.2, 0.25) is 17.8 Å². The highest BCUT2D eigenvalue weighted by atomic mass is 19.1. The molecule has 1 aliphatic carbocycles. The number of hydrogen-bond acceptors (Lipinski definition) is 8. The van der Waals surface area contributed by atoms with Gasteiger partial charge in [-0.25, -0.2) is 9.97 Å². The van der Waals surface area contributed by atoms with Gasteiger partial charge >= 0.3 is 0 Å². The van der Waals surface area contributed by atoms with Crippen LogP contribution >= 0.6 is 0 Å². The maximum absolute atomic E-state index is 13.1. The normalized spacial score (nSPS) is 18.1. The topological polar surface area (TPSA) is 132 Å². The molecule has 1 amide bonds. The van der Waals surface area contributed by atoms with E-state index in [1.807, 2.05) is 17.9 Å². The van der Waals surface area contributed by atoms with Crippen molar-refractivity contribution in [3.8, 4) is 0 Å². The van der Waals surface area contributed by atoms with Gasteiger partial charge in [-0.2, -0.15) is 14.5 Å². The lowest BCUT2D eigenvalue weighted by Gasteiger charge is -2.25. The lowest BCUT2D eigenvalue weighted by atomic mass is 10.1.